The van der Waals surface area contributed by atoms with Crippen molar-refractivity contribution in [1.29, 1.82) is 0 Å². The van der Waals surface area contributed by atoms with Crippen molar-refractivity contribution in [3.63, 3.8) is 0 Å². The average molecular weight is 376 g/mol. The molecular weight excluding hydrogens is 354 g/mol. The van der Waals surface area contributed by atoms with Crippen LogP contribution in [0.1, 0.15) is 56.7 Å². The minimum atomic E-state index is -0.694. The van der Waals surface area contributed by atoms with Gasteiger partial charge >= 0.3 is 0 Å². The lowest BCUT2D eigenvalue weighted by Crippen LogP contribution is -2.34. The van der Waals surface area contributed by atoms with Crippen molar-refractivity contribution in [2.24, 2.45) is 11.7 Å². The third kappa shape index (κ3) is 3.25. The predicted molar refractivity (Wildman–Crippen MR) is 96.4 cm³/mol. The van der Waals surface area contributed by atoms with Gasteiger partial charge < -0.3 is 11.1 Å². The summed E-state index contributed by atoms with van der Waals surface area (Å²) < 4.78 is 1.63. The summed E-state index contributed by atoms with van der Waals surface area (Å²) in [6, 6.07) is 1.75. The van der Waals surface area contributed by atoms with Gasteiger partial charge in [0.15, 0.2) is 0 Å². The van der Waals surface area contributed by atoms with Crippen LogP contribution in [0.15, 0.2) is 18.5 Å². The molecule has 2 heterocycles. The number of nitrogens with two attached hydrogens (primary N) is 1. The first kappa shape index (κ1) is 17.2. The highest BCUT2D eigenvalue weighted by Gasteiger charge is 2.52. The fourth-order valence-corrected chi connectivity index (χ4v) is 3.96. The molecule has 2 aromatic heterocycles. The molecule has 3 N–H and O–H groups in total. The summed E-state index contributed by atoms with van der Waals surface area (Å²) in [5.41, 5.74) is 5.67. The number of carbonyl (C=O) groups excluding carboxylic acids is 1. The first-order valence-corrected chi connectivity index (χ1v) is 9.44. The van der Waals surface area contributed by atoms with Crippen LogP contribution in [0.5, 0.6) is 0 Å². The van der Waals surface area contributed by atoms with Crippen LogP contribution < -0.4 is 11.1 Å². The zero-order valence-corrected chi connectivity index (χ0v) is 15.2. The van der Waals surface area contributed by atoms with Crippen LogP contribution in [0.4, 0.5) is 5.82 Å². The van der Waals surface area contributed by atoms with Crippen molar-refractivity contribution in [3.05, 3.63) is 29.4 Å². The summed E-state index contributed by atoms with van der Waals surface area (Å²) in [4.78, 5) is 20.0. The summed E-state index contributed by atoms with van der Waals surface area (Å²) in [5, 5.41) is 12.2. The number of aromatic nitrogens is 5. The summed E-state index contributed by atoms with van der Waals surface area (Å²) in [6.45, 7) is 0. The number of anilines is 1. The monoisotopic (exact) mass is 375 g/mol. The molecule has 0 radical (unpaired) electrons. The Balaban J connectivity index is 1.62. The van der Waals surface area contributed by atoms with E-state index in [9.17, 15) is 4.79 Å². The highest BCUT2D eigenvalue weighted by atomic mass is 35.5. The van der Waals surface area contributed by atoms with E-state index >= 15 is 0 Å². The third-order valence-electron chi connectivity index (χ3n) is 5.50. The van der Waals surface area contributed by atoms with Crippen molar-refractivity contribution in [3.8, 4) is 0 Å². The van der Waals surface area contributed by atoms with Gasteiger partial charge in [-0.05, 0) is 49.3 Å². The minimum Gasteiger partial charge on any atom is -0.368 e. The third-order valence-corrected chi connectivity index (χ3v) is 5.68. The highest BCUT2D eigenvalue weighted by Crippen LogP contribution is 2.43. The molecule has 2 fully saturated rings. The molecule has 26 heavy (non-hydrogen) atoms. The number of nitrogens with one attached hydrogen (secondary N) is 1. The maximum atomic E-state index is 11.8. The van der Waals surface area contributed by atoms with Gasteiger partial charge in [-0.15, -0.1) is 5.10 Å². The quantitative estimate of drug-likeness (QED) is 0.750. The molecule has 0 spiro atoms. The smallest absolute Gasteiger partial charge is 0.245 e. The van der Waals surface area contributed by atoms with Crippen LogP contribution in [0, 0.1) is 5.92 Å². The van der Waals surface area contributed by atoms with E-state index < -0.39 is 5.54 Å². The molecule has 1 amide bonds. The molecule has 8 nitrogen and oxygen atoms in total. The SMILES string of the molecule is NC(=O)C1(n2cc([C@@H](Nc3ccnc(Cl)n3)C3CCCCC3)nn2)CC1. The van der Waals surface area contributed by atoms with Crippen LogP contribution in [-0.4, -0.2) is 30.9 Å². The number of hydrogen-bond donors (Lipinski definition) is 2. The topological polar surface area (TPSA) is 112 Å². The molecule has 1 atom stereocenters. The molecule has 9 heteroatoms. The van der Waals surface area contributed by atoms with Crippen molar-refractivity contribution < 1.29 is 4.79 Å². The van der Waals surface area contributed by atoms with Gasteiger partial charge in [-0.25, -0.2) is 14.6 Å². The van der Waals surface area contributed by atoms with Gasteiger partial charge in [-0.2, -0.15) is 0 Å². The predicted octanol–water partition coefficient (Wildman–Crippen LogP) is 2.43. The Hall–Kier alpha value is -2.22. The lowest BCUT2D eigenvalue weighted by molar-refractivity contribution is -0.122. The second-order valence-electron chi connectivity index (χ2n) is 7.21. The van der Waals surface area contributed by atoms with Gasteiger partial charge in [0.1, 0.15) is 17.1 Å². The lowest BCUT2D eigenvalue weighted by Gasteiger charge is -2.30. The van der Waals surface area contributed by atoms with Gasteiger partial charge in [0.25, 0.3) is 0 Å². The zero-order valence-electron chi connectivity index (χ0n) is 14.4. The zero-order chi connectivity index (χ0) is 18.1. The Kier molecular flexibility index (Phi) is 4.52. The Morgan fingerprint density at radius 2 is 2.12 bits per heavy atom. The van der Waals surface area contributed by atoms with Gasteiger partial charge in [-0.1, -0.05) is 24.5 Å². The molecule has 2 aliphatic carbocycles. The van der Waals surface area contributed by atoms with Gasteiger partial charge in [0.05, 0.1) is 12.2 Å². The number of nitrogens with zero attached hydrogens (tertiary/aromatic N) is 5. The molecule has 2 aliphatic rings. The summed E-state index contributed by atoms with van der Waals surface area (Å²) >= 11 is 5.92. The number of primary amides is 1. The van der Waals surface area contributed by atoms with E-state index in [0.29, 0.717) is 24.6 Å². The Morgan fingerprint density at radius 1 is 1.35 bits per heavy atom. The summed E-state index contributed by atoms with van der Waals surface area (Å²) in [5.74, 6) is 0.733. The Morgan fingerprint density at radius 3 is 2.77 bits per heavy atom. The summed E-state index contributed by atoms with van der Waals surface area (Å²) in [7, 11) is 0. The molecule has 2 saturated carbocycles. The average Bonchev–Trinajstić information content (AvgIpc) is 3.32. The van der Waals surface area contributed by atoms with E-state index in [1.165, 1.54) is 19.3 Å². The standard InChI is InChI=1S/C17H22ClN7O/c18-16-20-9-6-13(22-16)21-14(11-4-2-1-3-5-11)12-10-25(24-23-12)17(7-8-17)15(19)26/h6,9-11,14H,1-5,7-8H2,(H2,19,26)(H,20,21,22)/t14-/m0/s1. The van der Waals surface area contributed by atoms with Crippen molar-refractivity contribution in [1.82, 2.24) is 25.0 Å². The second kappa shape index (κ2) is 6.83. The first-order chi connectivity index (χ1) is 12.6. The van der Waals surface area contributed by atoms with Crippen molar-refractivity contribution in [2.45, 2.75) is 56.5 Å². The van der Waals surface area contributed by atoms with Crippen molar-refractivity contribution in [2.75, 3.05) is 5.32 Å². The van der Waals surface area contributed by atoms with Gasteiger partial charge in [0, 0.05) is 6.20 Å². The van der Waals surface area contributed by atoms with E-state index in [1.54, 1.807) is 16.9 Å². The summed E-state index contributed by atoms with van der Waals surface area (Å²) in [6.07, 6.45) is 10.8. The number of rotatable bonds is 6. The van der Waals surface area contributed by atoms with Gasteiger partial charge in [-0.3, -0.25) is 4.79 Å². The molecular formula is C17H22ClN7O. The van der Waals surface area contributed by atoms with Crippen LogP contribution in [0.3, 0.4) is 0 Å². The van der Waals surface area contributed by atoms with Crippen LogP contribution in [-0.2, 0) is 10.3 Å². The van der Waals surface area contributed by atoms with E-state index in [4.69, 9.17) is 17.3 Å². The van der Waals surface area contributed by atoms with Crippen LogP contribution in [0.2, 0.25) is 5.28 Å². The number of carbonyl (C=O) groups is 1. The molecule has 0 unspecified atom stereocenters. The first-order valence-electron chi connectivity index (χ1n) is 9.06. The van der Waals surface area contributed by atoms with Crippen molar-refractivity contribution >= 4 is 23.3 Å². The molecule has 2 aromatic rings. The normalized spacial score (nSPS) is 20.5. The minimum absolute atomic E-state index is 0.0429. The molecule has 138 valence electrons. The number of hydrogen-bond acceptors (Lipinski definition) is 6. The molecule has 0 saturated heterocycles. The molecule has 0 aliphatic heterocycles. The molecule has 0 bridgehead atoms. The highest BCUT2D eigenvalue weighted by molar-refractivity contribution is 6.28. The van der Waals surface area contributed by atoms with E-state index in [0.717, 1.165) is 18.5 Å². The fraction of sp³-hybridized carbons (Fsp3) is 0.588. The maximum Gasteiger partial charge on any atom is 0.245 e. The Labute approximate surface area is 156 Å². The van der Waals surface area contributed by atoms with Gasteiger partial charge in [0.2, 0.25) is 11.2 Å². The second-order valence-corrected chi connectivity index (χ2v) is 7.55. The number of halogens is 1. The van der Waals surface area contributed by atoms with Crippen LogP contribution in [0.25, 0.3) is 0 Å². The fourth-order valence-electron chi connectivity index (χ4n) is 3.81. The van der Waals surface area contributed by atoms with E-state index in [2.05, 4.69) is 25.6 Å². The molecule has 4 rings (SSSR count). The Bertz CT molecular complexity index is 798. The lowest BCUT2D eigenvalue weighted by atomic mass is 9.83. The molecule has 0 aromatic carbocycles. The number of amides is 1. The largest absolute Gasteiger partial charge is 0.368 e. The van der Waals surface area contributed by atoms with E-state index in [-0.39, 0.29) is 17.2 Å². The maximum absolute atomic E-state index is 11.8. The van der Waals surface area contributed by atoms with Crippen LogP contribution >= 0.6 is 11.6 Å². The van der Waals surface area contributed by atoms with E-state index in [1.807, 2.05) is 6.20 Å².